The number of amides is 1. The first kappa shape index (κ1) is 14.7. The molecule has 2 heterocycles. The van der Waals surface area contributed by atoms with E-state index in [9.17, 15) is 9.18 Å². The second-order valence-electron chi connectivity index (χ2n) is 4.97. The fourth-order valence-corrected chi connectivity index (χ4v) is 2.12. The molecule has 0 unspecified atom stereocenters. The quantitative estimate of drug-likeness (QED) is 0.815. The number of carbonyl (C=O) groups is 1. The van der Waals surface area contributed by atoms with Crippen molar-refractivity contribution in [1.29, 1.82) is 0 Å². The molecule has 1 aliphatic rings. The number of alkyl halides is 1. The number of hydrogen-bond acceptors (Lipinski definition) is 4. The van der Waals surface area contributed by atoms with Gasteiger partial charge in [0.2, 0.25) is 0 Å². The maximum absolute atomic E-state index is 12.0. The van der Waals surface area contributed by atoms with Crippen LogP contribution in [0.1, 0.15) is 16.9 Å². The number of rotatable bonds is 5. The minimum Gasteiger partial charge on any atom is -0.354 e. The van der Waals surface area contributed by atoms with Crippen LogP contribution in [0.5, 0.6) is 0 Å². The highest BCUT2D eigenvalue weighted by Crippen LogP contribution is 2.13. The molecule has 0 atom stereocenters. The topological polar surface area (TPSA) is 48.5 Å². The number of halogens is 1. The molecule has 1 aromatic rings. The van der Waals surface area contributed by atoms with Crippen molar-refractivity contribution in [1.82, 2.24) is 15.2 Å². The molecule has 1 aliphatic heterocycles. The molecule has 1 saturated heterocycles. The largest absolute Gasteiger partial charge is 0.354 e. The van der Waals surface area contributed by atoms with E-state index in [0.717, 1.165) is 32.0 Å². The van der Waals surface area contributed by atoms with Gasteiger partial charge in [0, 0.05) is 32.7 Å². The third-order valence-corrected chi connectivity index (χ3v) is 3.39. The van der Waals surface area contributed by atoms with Gasteiger partial charge in [-0.3, -0.25) is 9.18 Å². The summed E-state index contributed by atoms with van der Waals surface area (Å²) in [6, 6.07) is 5.44. The number of hydrogen-bond donors (Lipinski definition) is 1. The van der Waals surface area contributed by atoms with Crippen LogP contribution in [0, 0.1) is 0 Å². The number of aromatic nitrogens is 1. The highest BCUT2D eigenvalue weighted by molar-refractivity contribution is 5.92. The summed E-state index contributed by atoms with van der Waals surface area (Å²) in [6.07, 6.45) is 0.337. The summed E-state index contributed by atoms with van der Waals surface area (Å²) in [5.41, 5.74) is 0.389. The second kappa shape index (κ2) is 7.19. The molecule has 0 bridgehead atoms. The first-order valence-corrected chi connectivity index (χ1v) is 6.95. The Morgan fingerprint density at radius 1 is 1.35 bits per heavy atom. The fraction of sp³-hybridized carbons (Fsp3) is 0.571. The summed E-state index contributed by atoms with van der Waals surface area (Å²) in [4.78, 5) is 20.7. The number of carbonyl (C=O) groups excluding carboxylic acids is 1. The molecule has 1 aromatic heterocycles. The van der Waals surface area contributed by atoms with Crippen LogP contribution >= 0.6 is 0 Å². The Hall–Kier alpha value is -1.69. The van der Waals surface area contributed by atoms with Crippen LogP contribution in [0.3, 0.4) is 0 Å². The molecule has 0 aromatic carbocycles. The zero-order valence-corrected chi connectivity index (χ0v) is 11.8. The van der Waals surface area contributed by atoms with E-state index in [1.54, 1.807) is 6.07 Å². The van der Waals surface area contributed by atoms with Gasteiger partial charge in [0.05, 0.1) is 6.67 Å². The number of pyridine rings is 1. The normalized spacial score (nSPS) is 16.2. The van der Waals surface area contributed by atoms with Crippen molar-refractivity contribution in [3.8, 4) is 0 Å². The molecule has 110 valence electrons. The van der Waals surface area contributed by atoms with Crippen LogP contribution < -0.4 is 10.2 Å². The van der Waals surface area contributed by atoms with Gasteiger partial charge >= 0.3 is 0 Å². The molecule has 5 nitrogen and oxygen atoms in total. The molecule has 6 heteroatoms. The lowest BCUT2D eigenvalue weighted by Gasteiger charge is -2.33. The smallest absolute Gasteiger partial charge is 0.269 e. The van der Waals surface area contributed by atoms with Crippen molar-refractivity contribution in [3.05, 3.63) is 23.9 Å². The highest BCUT2D eigenvalue weighted by Gasteiger charge is 2.16. The number of nitrogens with zero attached hydrogens (tertiary/aromatic N) is 3. The van der Waals surface area contributed by atoms with Crippen molar-refractivity contribution < 1.29 is 9.18 Å². The summed E-state index contributed by atoms with van der Waals surface area (Å²) >= 11 is 0. The van der Waals surface area contributed by atoms with Crippen molar-refractivity contribution in [2.45, 2.75) is 6.42 Å². The van der Waals surface area contributed by atoms with Crippen molar-refractivity contribution in [3.63, 3.8) is 0 Å². The number of nitrogens with one attached hydrogen (secondary N) is 1. The third kappa shape index (κ3) is 3.90. The molecule has 0 saturated carbocycles. The predicted molar refractivity (Wildman–Crippen MR) is 76.9 cm³/mol. The Labute approximate surface area is 118 Å². The van der Waals surface area contributed by atoms with E-state index in [0.29, 0.717) is 18.7 Å². The third-order valence-electron chi connectivity index (χ3n) is 3.39. The molecular formula is C14H21FN4O. The standard InChI is InChI=1S/C14H21FN4O/c1-18-8-10-19(11-9-18)13-5-2-4-12(17-13)14(20)16-7-3-6-15/h2,4-5H,3,6-11H2,1H3,(H,16,20). The Morgan fingerprint density at radius 3 is 2.80 bits per heavy atom. The molecule has 2 rings (SSSR count). The van der Waals surface area contributed by atoms with Gasteiger partial charge in [-0.15, -0.1) is 0 Å². The van der Waals surface area contributed by atoms with E-state index in [1.807, 2.05) is 12.1 Å². The lowest BCUT2D eigenvalue weighted by Crippen LogP contribution is -2.45. The van der Waals surface area contributed by atoms with Gasteiger partial charge in [-0.1, -0.05) is 6.07 Å². The van der Waals surface area contributed by atoms with Crippen LogP contribution in [0.2, 0.25) is 0 Å². The van der Waals surface area contributed by atoms with Crippen molar-refractivity contribution in [2.24, 2.45) is 0 Å². The first-order valence-electron chi connectivity index (χ1n) is 6.95. The zero-order chi connectivity index (χ0) is 14.4. The van der Waals surface area contributed by atoms with Gasteiger partial charge in [0.1, 0.15) is 11.5 Å². The SMILES string of the molecule is CN1CCN(c2cccc(C(=O)NCCCF)n2)CC1. The average Bonchev–Trinajstić information content (AvgIpc) is 2.48. The molecule has 0 radical (unpaired) electrons. The number of likely N-dealkylation sites (N-methyl/N-ethyl adjacent to an activating group) is 1. The van der Waals surface area contributed by atoms with E-state index in [1.165, 1.54) is 0 Å². The first-order chi connectivity index (χ1) is 9.70. The summed E-state index contributed by atoms with van der Waals surface area (Å²) in [5.74, 6) is 0.589. The zero-order valence-electron chi connectivity index (χ0n) is 11.8. The van der Waals surface area contributed by atoms with Gasteiger partial charge in [-0.2, -0.15) is 0 Å². The summed E-state index contributed by atoms with van der Waals surface area (Å²) < 4.78 is 12.0. The lowest BCUT2D eigenvalue weighted by atomic mass is 10.3. The summed E-state index contributed by atoms with van der Waals surface area (Å²) in [7, 11) is 2.10. The Morgan fingerprint density at radius 2 is 2.10 bits per heavy atom. The van der Waals surface area contributed by atoms with E-state index in [2.05, 4.69) is 27.1 Å². The van der Waals surface area contributed by atoms with Crippen LogP contribution in [-0.4, -0.2) is 62.2 Å². The number of piperazine rings is 1. The van der Waals surface area contributed by atoms with E-state index in [4.69, 9.17) is 0 Å². The molecule has 1 amide bonds. The molecule has 1 N–H and O–H groups in total. The lowest BCUT2D eigenvalue weighted by molar-refractivity contribution is 0.0947. The van der Waals surface area contributed by atoms with Gasteiger partial charge in [0.15, 0.2) is 0 Å². The molecule has 0 spiro atoms. The van der Waals surface area contributed by atoms with Gasteiger partial charge in [0.25, 0.3) is 5.91 Å². The Bertz CT molecular complexity index is 447. The highest BCUT2D eigenvalue weighted by atomic mass is 19.1. The van der Waals surface area contributed by atoms with E-state index < -0.39 is 6.67 Å². The second-order valence-corrected chi connectivity index (χ2v) is 4.97. The average molecular weight is 280 g/mol. The summed E-state index contributed by atoms with van der Waals surface area (Å²) in [5, 5.41) is 2.67. The maximum atomic E-state index is 12.0. The van der Waals surface area contributed by atoms with Gasteiger partial charge < -0.3 is 15.1 Å². The van der Waals surface area contributed by atoms with Gasteiger partial charge in [-0.05, 0) is 25.6 Å². The monoisotopic (exact) mass is 280 g/mol. The Kier molecular flexibility index (Phi) is 5.29. The van der Waals surface area contributed by atoms with Crippen molar-refractivity contribution in [2.75, 3.05) is 51.3 Å². The summed E-state index contributed by atoms with van der Waals surface area (Å²) in [6.45, 7) is 3.74. The minimum atomic E-state index is -0.422. The molecule has 20 heavy (non-hydrogen) atoms. The van der Waals surface area contributed by atoms with E-state index >= 15 is 0 Å². The minimum absolute atomic E-state index is 0.241. The van der Waals surface area contributed by atoms with E-state index in [-0.39, 0.29) is 5.91 Å². The predicted octanol–water partition coefficient (Wildman–Crippen LogP) is 0.923. The van der Waals surface area contributed by atoms with Crippen LogP contribution in [0.25, 0.3) is 0 Å². The fourth-order valence-electron chi connectivity index (χ4n) is 2.12. The Balaban J connectivity index is 1.98. The maximum Gasteiger partial charge on any atom is 0.269 e. The molecule has 0 aliphatic carbocycles. The molecular weight excluding hydrogens is 259 g/mol. The van der Waals surface area contributed by atoms with Crippen LogP contribution in [-0.2, 0) is 0 Å². The van der Waals surface area contributed by atoms with Gasteiger partial charge in [-0.25, -0.2) is 4.98 Å². The molecule has 1 fully saturated rings. The van der Waals surface area contributed by atoms with Crippen LogP contribution in [0.15, 0.2) is 18.2 Å². The van der Waals surface area contributed by atoms with Crippen molar-refractivity contribution >= 4 is 11.7 Å². The van der Waals surface area contributed by atoms with Crippen LogP contribution in [0.4, 0.5) is 10.2 Å². The number of anilines is 1.